The van der Waals surface area contributed by atoms with Crippen LogP contribution in [-0.2, 0) is 11.2 Å². The summed E-state index contributed by atoms with van der Waals surface area (Å²) >= 11 is 1.23. The fourth-order valence-corrected chi connectivity index (χ4v) is 2.50. The molecule has 0 saturated heterocycles. The van der Waals surface area contributed by atoms with E-state index in [1.54, 1.807) is 0 Å². The summed E-state index contributed by atoms with van der Waals surface area (Å²) < 4.78 is 13.5. The minimum atomic E-state index is -0.489. The third-order valence-corrected chi connectivity index (χ3v) is 3.35. The average molecular weight is 281 g/mol. The van der Waals surface area contributed by atoms with E-state index in [-0.39, 0.29) is 0 Å². The minimum Gasteiger partial charge on any atom is -0.492 e. The van der Waals surface area contributed by atoms with Crippen molar-refractivity contribution >= 4 is 18.0 Å². The van der Waals surface area contributed by atoms with Gasteiger partial charge in [0.15, 0.2) is 0 Å². The van der Waals surface area contributed by atoms with Crippen molar-refractivity contribution in [2.45, 2.75) is 44.1 Å². The van der Waals surface area contributed by atoms with Gasteiger partial charge >= 0.3 is 6.09 Å². The van der Waals surface area contributed by atoms with E-state index in [1.165, 1.54) is 17.5 Å². The van der Waals surface area contributed by atoms with E-state index in [0.29, 0.717) is 0 Å². The van der Waals surface area contributed by atoms with E-state index in [2.05, 4.69) is 10.8 Å². The third-order valence-electron chi connectivity index (χ3n) is 2.54. The molecule has 1 amide bonds. The van der Waals surface area contributed by atoms with Crippen molar-refractivity contribution in [2.75, 3.05) is 6.61 Å². The molecule has 1 N–H and O–H groups in total. The molecule has 1 aromatic rings. The summed E-state index contributed by atoms with van der Waals surface area (Å²) in [5, 5.41) is 0. The Morgan fingerprint density at radius 1 is 1.42 bits per heavy atom. The largest absolute Gasteiger partial charge is 0.492 e. The monoisotopic (exact) mass is 281 g/mol. The molecule has 0 fully saturated rings. The SMILES string of the molecule is CC(C)(C)OC(=O)NSc1cccc2c1OCCC2. The van der Waals surface area contributed by atoms with Gasteiger partial charge in [-0.05, 0) is 57.2 Å². The Bertz CT molecular complexity index is 468. The number of rotatable bonds is 2. The van der Waals surface area contributed by atoms with Crippen LogP contribution in [0.15, 0.2) is 23.1 Å². The van der Waals surface area contributed by atoms with E-state index < -0.39 is 11.7 Å². The second-order valence-corrected chi connectivity index (χ2v) is 6.25. The quantitative estimate of drug-likeness (QED) is 0.842. The zero-order chi connectivity index (χ0) is 13.9. The molecule has 4 nitrogen and oxygen atoms in total. The zero-order valence-electron chi connectivity index (χ0n) is 11.5. The van der Waals surface area contributed by atoms with E-state index in [4.69, 9.17) is 9.47 Å². The predicted molar refractivity (Wildman–Crippen MR) is 75.5 cm³/mol. The van der Waals surface area contributed by atoms with Crippen LogP contribution in [0.2, 0.25) is 0 Å². The highest BCUT2D eigenvalue weighted by Gasteiger charge is 2.18. The Morgan fingerprint density at radius 3 is 2.95 bits per heavy atom. The first-order chi connectivity index (χ1) is 8.96. The maximum Gasteiger partial charge on any atom is 0.418 e. The van der Waals surface area contributed by atoms with Gasteiger partial charge in [-0.3, -0.25) is 4.72 Å². The molecule has 5 heteroatoms. The smallest absolute Gasteiger partial charge is 0.418 e. The maximum atomic E-state index is 11.6. The van der Waals surface area contributed by atoms with Gasteiger partial charge in [-0.1, -0.05) is 12.1 Å². The van der Waals surface area contributed by atoms with Crippen LogP contribution in [0.25, 0.3) is 0 Å². The first-order valence-corrected chi connectivity index (χ1v) is 7.18. The highest BCUT2D eigenvalue weighted by Crippen LogP contribution is 2.34. The number of ether oxygens (including phenoxy) is 2. The molecule has 0 saturated carbocycles. The van der Waals surface area contributed by atoms with Crippen LogP contribution in [0, 0.1) is 0 Å². The number of carbonyl (C=O) groups excluding carboxylic acids is 1. The lowest BCUT2D eigenvalue weighted by molar-refractivity contribution is 0.0574. The van der Waals surface area contributed by atoms with Crippen LogP contribution in [-0.4, -0.2) is 18.3 Å². The molecule has 0 bridgehead atoms. The number of para-hydroxylation sites is 1. The molecule has 0 aromatic heterocycles. The summed E-state index contributed by atoms with van der Waals surface area (Å²) in [5.41, 5.74) is 0.708. The molecule has 1 heterocycles. The number of carbonyl (C=O) groups is 1. The van der Waals surface area contributed by atoms with Gasteiger partial charge in [0.2, 0.25) is 0 Å². The molecule has 1 aliphatic rings. The van der Waals surface area contributed by atoms with Crippen LogP contribution in [0.5, 0.6) is 5.75 Å². The fraction of sp³-hybridized carbons (Fsp3) is 0.500. The number of nitrogens with one attached hydrogen (secondary N) is 1. The van der Waals surface area contributed by atoms with Gasteiger partial charge in [0.25, 0.3) is 0 Å². The molecule has 1 aromatic carbocycles. The van der Waals surface area contributed by atoms with Gasteiger partial charge in [0.05, 0.1) is 11.5 Å². The minimum absolute atomic E-state index is 0.439. The molecular weight excluding hydrogens is 262 g/mol. The van der Waals surface area contributed by atoms with Crippen LogP contribution in [0.4, 0.5) is 4.79 Å². The lowest BCUT2D eigenvalue weighted by Gasteiger charge is -2.21. The highest BCUT2D eigenvalue weighted by atomic mass is 32.2. The average Bonchev–Trinajstić information content (AvgIpc) is 2.34. The van der Waals surface area contributed by atoms with E-state index in [1.807, 2.05) is 32.9 Å². The van der Waals surface area contributed by atoms with Gasteiger partial charge in [-0.15, -0.1) is 0 Å². The molecule has 2 rings (SSSR count). The molecule has 0 unspecified atom stereocenters. The first kappa shape index (κ1) is 14.1. The number of hydrogen-bond donors (Lipinski definition) is 1. The van der Waals surface area contributed by atoms with Crippen molar-refractivity contribution < 1.29 is 14.3 Å². The molecule has 19 heavy (non-hydrogen) atoms. The standard InChI is InChI=1S/C14H19NO3S/c1-14(2,3)18-13(16)15-19-11-8-4-6-10-7-5-9-17-12(10)11/h4,6,8H,5,7,9H2,1-3H3,(H,15,16). The number of aryl methyl sites for hydroxylation is 1. The highest BCUT2D eigenvalue weighted by molar-refractivity contribution is 7.98. The van der Waals surface area contributed by atoms with Crippen molar-refractivity contribution in [3.8, 4) is 5.75 Å². The Morgan fingerprint density at radius 2 is 2.21 bits per heavy atom. The van der Waals surface area contributed by atoms with Crippen molar-refractivity contribution in [3.05, 3.63) is 23.8 Å². The van der Waals surface area contributed by atoms with Crippen molar-refractivity contribution in [2.24, 2.45) is 0 Å². The first-order valence-electron chi connectivity index (χ1n) is 6.36. The van der Waals surface area contributed by atoms with E-state index >= 15 is 0 Å². The Labute approximate surface area is 118 Å². The summed E-state index contributed by atoms with van der Waals surface area (Å²) in [7, 11) is 0. The van der Waals surface area contributed by atoms with E-state index in [0.717, 1.165) is 30.1 Å². The van der Waals surface area contributed by atoms with Gasteiger partial charge in [-0.25, -0.2) is 4.79 Å². The van der Waals surface area contributed by atoms with Crippen molar-refractivity contribution in [1.82, 2.24) is 4.72 Å². The normalized spacial score (nSPS) is 14.3. The number of benzene rings is 1. The number of hydrogen-bond acceptors (Lipinski definition) is 4. The van der Waals surface area contributed by atoms with Gasteiger partial charge in [0, 0.05) is 0 Å². The predicted octanol–water partition coefficient (Wildman–Crippen LogP) is 3.54. The topological polar surface area (TPSA) is 47.6 Å². The summed E-state index contributed by atoms with van der Waals surface area (Å²) in [6.45, 7) is 6.25. The van der Waals surface area contributed by atoms with Gasteiger partial charge in [0.1, 0.15) is 11.4 Å². The molecule has 0 atom stereocenters. The summed E-state index contributed by atoms with van der Waals surface area (Å²) in [6, 6.07) is 5.98. The summed E-state index contributed by atoms with van der Waals surface area (Å²) in [5.74, 6) is 0.884. The molecule has 0 aliphatic carbocycles. The number of amides is 1. The number of fused-ring (bicyclic) bond motifs is 1. The Hall–Kier alpha value is -1.36. The fourth-order valence-electron chi connectivity index (χ4n) is 1.83. The van der Waals surface area contributed by atoms with Crippen LogP contribution >= 0.6 is 11.9 Å². The van der Waals surface area contributed by atoms with Gasteiger partial charge < -0.3 is 9.47 Å². The molecule has 1 aliphatic heterocycles. The lowest BCUT2D eigenvalue weighted by Crippen LogP contribution is -2.29. The molecule has 0 radical (unpaired) electrons. The second-order valence-electron chi connectivity index (χ2n) is 5.40. The summed E-state index contributed by atoms with van der Waals surface area (Å²) in [4.78, 5) is 12.5. The van der Waals surface area contributed by atoms with Crippen LogP contribution in [0.1, 0.15) is 32.8 Å². The van der Waals surface area contributed by atoms with Gasteiger partial charge in [-0.2, -0.15) is 0 Å². The molecule has 104 valence electrons. The van der Waals surface area contributed by atoms with E-state index in [9.17, 15) is 4.79 Å². The van der Waals surface area contributed by atoms with Crippen molar-refractivity contribution in [3.63, 3.8) is 0 Å². The maximum absolute atomic E-state index is 11.6. The Balaban J connectivity index is 1.98. The Kier molecular flexibility index (Phi) is 4.24. The summed E-state index contributed by atoms with van der Waals surface area (Å²) in [6.07, 6.45) is 1.63. The van der Waals surface area contributed by atoms with Crippen LogP contribution < -0.4 is 9.46 Å². The lowest BCUT2D eigenvalue weighted by atomic mass is 10.1. The third kappa shape index (κ3) is 4.06. The van der Waals surface area contributed by atoms with Crippen LogP contribution in [0.3, 0.4) is 0 Å². The molecule has 0 spiro atoms. The second kappa shape index (κ2) is 5.74. The zero-order valence-corrected chi connectivity index (χ0v) is 12.3. The molecular formula is C14H19NO3S. The van der Waals surface area contributed by atoms with Crippen molar-refractivity contribution in [1.29, 1.82) is 0 Å².